The Balaban J connectivity index is 1.74. The zero-order valence-electron chi connectivity index (χ0n) is 25.3. The largest absolute Gasteiger partial charge is 0.494 e. The smallest absolute Gasteiger partial charge is 0.264 e. The number of anilines is 1. The number of sulfonamides is 1. The molecular weight excluding hydrogens is 657 g/mol. The summed E-state index contributed by atoms with van der Waals surface area (Å²) in [6.45, 7) is 3.42. The van der Waals surface area contributed by atoms with Gasteiger partial charge in [-0.3, -0.25) is 13.9 Å². The number of hydrogen-bond donors (Lipinski definition) is 1. The summed E-state index contributed by atoms with van der Waals surface area (Å²) in [4.78, 5) is 29.4. The molecule has 0 aliphatic heterocycles. The average Bonchev–Trinajstić information content (AvgIpc) is 3.02. The highest BCUT2D eigenvalue weighted by atomic mass is 35.5. The van der Waals surface area contributed by atoms with Crippen molar-refractivity contribution in [3.63, 3.8) is 0 Å². The number of ether oxygens (including phenoxy) is 1. The van der Waals surface area contributed by atoms with Crippen molar-refractivity contribution in [1.82, 2.24) is 10.2 Å². The number of carbonyl (C=O) groups is 2. The van der Waals surface area contributed by atoms with Crippen molar-refractivity contribution < 1.29 is 22.7 Å². The third-order valence-corrected chi connectivity index (χ3v) is 10.6. The Labute approximate surface area is 280 Å². The quantitative estimate of drug-likeness (QED) is 0.200. The Morgan fingerprint density at radius 3 is 2.11 bits per heavy atom. The van der Waals surface area contributed by atoms with E-state index in [1.165, 1.54) is 29.2 Å². The zero-order valence-corrected chi connectivity index (χ0v) is 28.4. The molecule has 1 atom stereocenters. The highest BCUT2D eigenvalue weighted by molar-refractivity contribution is 7.92. The van der Waals surface area contributed by atoms with Gasteiger partial charge in [0, 0.05) is 33.2 Å². The summed E-state index contributed by atoms with van der Waals surface area (Å²) in [5.74, 6) is -0.339. The zero-order chi connectivity index (χ0) is 32.6. The molecule has 0 bridgehead atoms. The summed E-state index contributed by atoms with van der Waals surface area (Å²) in [6, 6.07) is 16.3. The summed E-state index contributed by atoms with van der Waals surface area (Å²) in [5.41, 5.74) is 0.712. The summed E-state index contributed by atoms with van der Waals surface area (Å²) in [6.07, 6.45) is 5.22. The van der Waals surface area contributed by atoms with Crippen LogP contribution in [0.5, 0.6) is 5.75 Å². The normalized spacial score (nSPS) is 14.4. The Hall–Kier alpha value is -2.98. The van der Waals surface area contributed by atoms with Gasteiger partial charge < -0.3 is 15.0 Å². The molecule has 3 aromatic carbocycles. The monoisotopic (exact) mass is 693 g/mol. The van der Waals surface area contributed by atoms with Crippen LogP contribution in [0.3, 0.4) is 0 Å². The fourth-order valence-electron chi connectivity index (χ4n) is 5.46. The fraction of sp³-hybridized carbons (Fsp3) is 0.394. The molecule has 0 unspecified atom stereocenters. The van der Waals surface area contributed by atoms with E-state index in [2.05, 4.69) is 5.32 Å². The van der Waals surface area contributed by atoms with Gasteiger partial charge >= 0.3 is 0 Å². The molecule has 0 aromatic heterocycles. The first-order chi connectivity index (χ1) is 21.5. The molecule has 8 nitrogen and oxygen atoms in total. The van der Waals surface area contributed by atoms with E-state index < -0.39 is 28.5 Å². The van der Waals surface area contributed by atoms with Gasteiger partial charge in [0.05, 0.1) is 17.2 Å². The van der Waals surface area contributed by atoms with E-state index in [0.29, 0.717) is 39.4 Å². The number of halogens is 3. The van der Waals surface area contributed by atoms with Gasteiger partial charge in [-0.2, -0.15) is 0 Å². The minimum absolute atomic E-state index is 0.0202. The van der Waals surface area contributed by atoms with Crippen molar-refractivity contribution in [3.05, 3.63) is 87.4 Å². The second-order valence-corrected chi connectivity index (χ2v) is 14.0. The molecule has 1 N–H and O–H groups in total. The first-order valence-electron chi connectivity index (χ1n) is 15.1. The van der Waals surface area contributed by atoms with E-state index in [-0.39, 0.29) is 29.1 Å². The summed E-state index contributed by atoms with van der Waals surface area (Å²) >= 11 is 19.1. The number of amides is 2. The lowest BCUT2D eigenvalue weighted by Gasteiger charge is -2.34. The maximum Gasteiger partial charge on any atom is 0.264 e. The van der Waals surface area contributed by atoms with Gasteiger partial charge in [0.25, 0.3) is 10.0 Å². The van der Waals surface area contributed by atoms with Crippen molar-refractivity contribution >= 4 is 62.3 Å². The van der Waals surface area contributed by atoms with E-state index in [1.54, 1.807) is 42.5 Å². The van der Waals surface area contributed by atoms with Crippen LogP contribution in [-0.2, 0) is 26.2 Å². The molecule has 12 heteroatoms. The first kappa shape index (κ1) is 34.9. The van der Waals surface area contributed by atoms with E-state index in [0.717, 1.165) is 36.4 Å². The lowest BCUT2D eigenvalue weighted by atomic mass is 9.95. The number of hydrogen-bond acceptors (Lipinski definition) is 5. The average molecular weight is 695 g/mol. The van der Waals surface area contributed by atoms with Crippen LogP contribution in [-0.4, -0.2) is 50.4 Å². The number of nitrogens with one attached hydrogen (secondary N) is 1. The van der Waals surface area contributed by atoms with E-state index in [4.69, 9.17) is 39.5 Å². The van der Waals surface area contributed by atoms with Gasteiger partial charge in [0.15, 0.2) is 0 Å². The van der Waals surface area contributed by atoms with Gasteiger partial charge in [-0.1, -0.05) is 67.1 Å². The second-order valence-electron chi connectivity index (χ2n) is 10.9. The predicted molar refractivity (Wildman–Crippen MR) is 180 cm³/mol. The van der Waals surface area contributed by atoms with Crippen LogP contribution in [0.1, 0.15) is 57.9 Å². The van der Waals surface area contributed by atoms with Crippen LogP contribution in [0.2, 0.25) is 15.1 Å². The number of nitrogens with zero attached hydrogens (tertiary/aromatic N) is 2. The van der Waals surface area contributed by atoms with Crippen molar-refractivity contribution in [1.29, 1.82) is 0 Å². The van der Waals surface area contributed by atoms with E-state index in [1.807, 2.05) is 13.8 Å². The van der Waals surface area contributed by atoms with Crippen molar-refractivity contribution in [2.75, 3.05) is 17.5 Å². The van der Waals surface area contributed by atoms with Gasteiger partial charge in [-0.15, -0.1) is 0 Å². The molecule has 1 fully saturated rings. The van der Waals surface area contributed by atoms with Gasteiger partial charge in [-0.05, 0) is 86.8 Å². The SMILES string of the molecule is CCOc1ccc(N(CC(=O)N(Cc2c(Cl)cccc2Cl)[C@@H](CC)C(=O)NC2CCCCC2)S(=O)(=O)c2ccc(Cl)cc2)cc1. The Morgan fingerprint density at radius 1 is 0.911 bits per heavy atom. The highest BCUT2D eigenvalue weighted by Crippen LogP contribution is 2.30. The van der Waals surface area contributed by atoms with Crippen molar-refractivity contribution in [2.24, 2.45) is 0 Å². The van der Waals surface area contributed by atoms with Crippen LogP contribution >= 0.6 is 34.8 Å². The summed E-state index contributed by atoms with van der Waals surface area (Å²) in [5, 5.41) is 4.16. The van der Waals surface area contributed by atoms with Crippen LogP contribution in [0.15, 0.2) is 71.6 Å². The molecule has 0 heterocycles. The molecule has 1 aliphatic carbocycles. The fourth-order valence-corrected chi connectivity index (χ4v) is 7.51. The minimum atomic E-state index is -4.26. The molecule has 242 valence electrons. The van der Waals surface area contributed by atoms with Gasteiger partial charge in [0.2, 0.25) is 11.8 Å². The number of benzene rings is 3. The minimum Gasteiger partial charge on any atom is -0.494 e. The number of rotatable bonds is 13. The number of carbonyl (C=O) groups excluding carboxylic acids is 2. The molecule has 1 aliphatic rings. The Kier molecular flexibility index (Phi) is 12.4. The van der Waals surface area contributed by atoms with Crippen molar-refractivity contribution in [2.45, 2.75) is 75.9 Å². The van der Waals surface area contributed by atoms with Crippen LogP contribution in [0, 0.1) is 0 Å². The Morgan fingerprint density at radius 2 is 1.53 bits per heavy atom. The topological polar surface area (TPSA) is 96.0 Å². The lowest BCUT2D eigenvalue weighted by molar-refractivity contribution is -0.140. The maximum atomic E-state index is 14.4. The van der Waals surface area contributed by atoms with Crippen LogP contribution in [0.25, 0.3) is 0 Å². The van der Waals surface area contributed by atoms with E-state index in [9.17, 15) is 18.0 Å². The second kappa shape index (κ2) is 16.0. The molecule has 0 radical (unpaired) electrons. The first-order valence-corrected chi connectivity index (χ1v) is 17.7. The third kappa shape index (κ3) is 8.85. The Bertz CT molecular complexity index is 1540. The van der Waals surface area contributed by atoms with E-state index >= 15 is 0 Å². The van der Waals surface area contributed by atoms with Gasteiger partial charge in [-0.25, -0.2) is 8.42 Å². The molecule has 45 heavy (non-hydrogen) atoms. The van der Waals surface area contributed by atoms with Crippen LogP contribution < -0.4 is 14.4 Å². The van der Waals surface area contributed by atoms with Crippen LogP contribution in [0.4, 0.5) is 5.69 Å². The molecule has 1 saturated carbocycles. The molecule has 2 amide bonds. The summed E-state index contributed by atoms with van der Waals surface area (Å²) in [7, 11) is -4.26. The molecule has 3 aromatic rings. The molecule has 0 saturated heterocycles. The maximum absolute atomic E-state index is 14.4. The van der Waals surface area contributed by atoms with Crippen molar-refractivity contribution in [3.8, 4) is 5.75 Å². The molecule has 0 spiro atoms. The predicted octanol–water partition coefficient (Wildman–Crippen LogP) is 7.50. The summed E-state index contributed by atoms with van der Waals surface area (Å²) < 4.78 is 34.7. The molecule has 4 rings (SSSR count). The third-order valence-electron chi connectivity index (χ3n) is 7.84. The lowest BCUT2D eigenvalue weighted by Crippen LogP contribution is -2.54. The standard InChI is InChI=1S/C33H38Cl3N3O5S/c1-3-31(33(41)37-24-9-6-5-7-10-24)38(21-28-29(35)11-8-12-30(28)36)32(40)22-39(25-15-17-26(18-16-25)44-4-2)45(42,43)27-19-13-23(34)14-20-27/h8,11-20,24,31H,3-7,9-10,21-22H2,1-2H3,(H,37,41)/t31-/m0/s1. The highest BCUT2D eigenvalue weighted by Gasteiger charge is 2.35. The molecular formula is C33H38Cl3N3O5S. The van der Waals surface area contributed by atoms with Gasteiger partial charge in [0.1, 0.15) is 18.3 Å².